The second-order valence-corrected chi connectivity index (χ2v) is 8.26. The van der Waals surface area contributed by atoms with Crippen LogP contribution in [-0.2, 0) is 6.54 Å². The Hall–Kier alpha value is -3.52. The van der Waals surface area contributed by atoms with E-state index in [0.29, 0.717) is 11.5 Å². The maximum Gasteiger partial charge on any atom is 0.203 e. The third-order valence-electron chi connectivity index (χ3n) is 6.26. The first-order valence-corrected chi connectivity index (χ1v) is 11.1. The lowest BCUT2D eigenvalue weighted by Gasteiger charge is -2.36. The van der Waals surface area contributed by atoms with Crippen LogP contribution in [0.1, 0.15) is 11.3 Å². The molecule has 0 atom stereocenters. The molecule has 0 amide bonds. The first-order valence-electron chi connectivity index (χ1n) is 11.1. The molecule has 3 heterocycles. The van der Waals surface area contributed by atoms with Crippen molar-refractivity contribution < 1.29 is 14.2 Å². The summed E-state index contributed by atoms with van der Waals surface area (Å²) in [5.74, 6) is 3.07. The van der Waals surface area contributed by atoms with Crippen molar-refractivity contribution in [3.8, 4) is 17.2 Å². The Balaban J connectivity index is 1.37. The predicted octanol–water partition coefficient (Wildman–Crippen LogP) is 3.54. The summed E-state index contributed by atoms with van der Waals surface area (Å²) in [6, 6.07) is 14.4. The average molecular weight is 448 g/mol. The van der Waals surface area contributed by atoms with Crippen molar-refractivity contribution in [1.29, 1.82) is 0 Å². The van der Waals surface area contributed by atoms with Gasteiger partial charge in [-0.25, -0.2) is 9.50 Å². The molecule has 0 spiro atoms. The molecule has 2 aromatic heterocycles. The van der Waals surface area contributed by atoms with Gasteiger partial charge in [-0.15, -0.1) is 0 Å². The molecule has 4 aromatic rings. The lowest BCUT2D eigenvalue weighted by Crippen LogP contribution is -2.46. The Bertz CT molecular complexity index is 1290. The molecule has 33 heavy (non-hydrogen) atoms. The van der Waals surface area contributed by atoms with Crippen molar-refractivity contribution >= 4 is 22.4 Å². The summed E-state index contributed by atoms with van der Waals surface area (Å²) in [4.78, 5) is 9.80. The van der Waals surface area contributed by atoms with E-state index < -0.39 is 0 Å². The number of piperazine rings is 1. The van der Waals surface area contributed by atoms with Crippen LogP contribution in [0.5, 0.6) is 17.2 Å². The normalized spacial score (nSPS) is 14.7. The van der Waals surface area contributed by atoms with Gasteiger partial charge in [-0.3, -0.25) is 4.90 Å². The summed E-state index contributed by atoms with van der Waals surface area (Å²) in [7, 11) is 4.94. The highest BCUT2D eigenvalue weighted by Gasteiger charge is 2.23. The number of fused-ring (bicyclic) bond motifs is 3. The van der Waals surface area contributed by atoms with E-state index in [2.05, 4.69) is 45.2 Å². The van der Waals surface area contributed by atoms with Gasteiger partial charge in [0.2, 0.25) is 5.75 Å². The average Bonchev–Trinajstić information content (AvgIpc) is 3.24. The number of ether oxygens (including phenoxy) is 3. The van der Waals surface area contributed by atoms with Gasteiger partial charge in [-0.1, -0.05) is 18.2 Å². The molecule has 0 aliphatic carbocycles. The second kappa shape index (κ2) is 8.78. The molecule has 1 fully saturated rings. The van der Waals surface area contributed by atoms with Crippen LogP contribution in [0.3, 0.4) is 0 Å². The molecule has 8 heteroatoms. The Morgan fingerprint density at radius 3 is 2.36 bits per heavy atom. The van der Waals surface area contributed by atoms with E-state index in [1.807, 2.05) is 23.6 Å². The Morgan fingerprint density at radius 2 is 1.64 bits per heavy atom. The number of hydrogen-bond donors (Lipinski definition) is 0. The number of aromatic nitrogens is 3. The third kappa shape index (κ3) is 3.80. The molecular weight excluding hydrogens is 418 g/mol. The van der Waals surface area contributed by atoms with Crippen LogP contribution in [-0.4, -0.2) is 67.0 Å². The van der Waals surface area contributed by atoms with Crippen LogP contribution in [0.4, 0.5) is 5.82 Å². The fourth-order valence-electron chi connectivity index (χ4n) is 4.65. The minimum absolute atomic E-state index is 0.635. The van der Waals surface area contributed by atoms with Crippen molar-refractivity contribution in [2.75, 3.05) is 52.4 Å². The molecule has 0 unspecified atom stereocenters. The summed E-state index contributed by atoms with van der Waals surface area (Å²) < 4.78 is 18.6. The van der Waals surface area contributed by atoms with E-state index >= 15 is 0 Å². The second-order valence-electron chi connectivity index (χ2n) is 8.26. The van der Waals surface area contributed by atoms with Gasteiger partial charge in [0, 0.05) is 49.7 Å². The quantitative estimate of drug-likeness (QED) is 0.448. The number of aryl methyl sites for hydroxylation is 1. The summed E-state index contributed by atoms with van der Waals surface area (Å²) in [6.45, 7) is 6.44. The van der Waals surface area contributed by atoms with Crippen LogP contribution >= 0.6 is 0 Å². The number of hydrogen-bond acceptors (Lipinski definition) is 7. The fraction of sp³-hybridized carbons (Fsp3) is 0.360. The summed E-state index contributed by atoms with van der Waals surface area (Å²) in [5, 5.41) is 5.75. The van der Waals surface area contributed by atoms with Crippen LogP contribution in [0, 0.1) is 6.92 Å². The lowest BCUT2D eigenvalue weighted by atomic mass is 10.1. The van der Waals surface area contributed by atoms with Crippen molar-refractivity contribution in [3.05, 3.63) is 53.7 Å². The Morgan fingerprint density at radius 1 is 0.879 bits per heavy atom. The molecule has 5 rings (SSSR count). The molecule has 8 nitrogen and oxygen atoms in total. The molecule has 0 radical (unpaired) electrons. The minimum atomic E-state index is 0.635. The molecule has 1 aliphatic heterocycles. The van der Waals surface area contributed by atoms with E-state index in [-0.39, 0.29) is 0 Å². The summed E-state index contributed by atoms with van der Waals surface area (Å²) in [6.07, 6.45) is 0. The zero-order valence-corrected chi connectivity index (χ0v) is 19.5. The largest absolute Gasteiger partial charge is 0.493 e. The molecule has 1 aliphatic rings. The smallest absolute Gasteiger partial charge is 0.203 e. The van der Waals surface area contributed by atoms with E-state index in [4.69, 9.17) is 19.2 Å². The summed E-state index contributed by atoms with van der Waals surface area (Å²) in [5.41, 5.74) is 4.03. The highest BCUT2D eigenvalue weighted by molar-refractivity contribution is 5.91. The van der Waals surface area contributed by atoms with Crippen LogP contribution in [0.2, 0.25) is 0 Å². The Labute approximate surface area is 193 Å². The maximum atomic E-state index is 5.67. The van der Waals surface area contributed by atoms with Crippen LogP contribution in [0.15, 0.2) is 42.5 Å². The van der Waals surface area contributed by atoms with E-state index in [1.165, 1.54) is 0 Å². The van der Waals surface area contributed by atoms with E-state index in [0.717, 1.165) is 72.1 Å². The van der Waals surface area contributed by atoms with Gasteiger partial charge < -0.3 is 19.1 Å². The van der Waals surface area contributed by atoms with Gasteiger partial charge in [0.05, 0.1) is 32.5 Å². The van der Waals surface area contributed by atoms with Gasteiger partial charge in [0.25, 0.3) is 0 Å². The molecule has 1 saturated heterocycles. The van der Waals surface area contributed by atoms with Crippen molar-refractivity contribution in [1.82, 2.24) is 19.5 Å². The van der Waals surface area contributed by atoms with Gasteiger partial charge in [-0.2, -0.15) is 5.10 Å². The van der Waals surface area contributed by atoms with Crippen LogP contribution < -0.4 is 19.1 Å². The minimum Gasteiger partial charge on any atom is -0.493 e. The first kappa shape index (κ1) is 21.3. The Kier molecular flexibility index (Phi) is 5.68. The van der Waals surface area contributed by atoms with Gasteiger partial charge in [0.1, 0.15) is 5.82 Å². The van der Waals surface area contributed by atoms with Crippen molar-refractivity contribution in [3.63, 3.8) is 0 Å². The molecule has 172 valence electrons. The van der Waals surface area contributed by atoms with Crippen molar-refractivity contribution in [2.24, 2.45) is 0 Å². The number of nitrogens with zero attached hydrogens (tertiary/aromatic N) is 5. The molecule has 0 bridgehead atoms. The molecule has 2 aromatic carbocycles. The third-order valence-corrected chi connectivity index (χ3v) is 6.26. The SMILES string of the molecule is COc1ccc(CN2CCN(c3nc4cc(C)nn4c4ccccc34)CC2)c(OC)c1OC. The zero-order valence-electron chi connectivity index (χ0n) is 19.5. The summed E-state index contributed by atoms with van der Waals surface area (Å²) >= 11 is 0. The number of methoxy groups -OCH3 is 3. The van der Waals surface area contributed by atoms with Gasteiger partial charge >= 0.3 is 0 Å². The van der Waals surface area contributed by atoms with E-state index in [9.17, 15) is 0 Å². The number of para-hydroxylation sites is 1. The highest BCUT2D eigenvalue weighted by atomic mass is 16.5. The number of rotatable bonds is 6. The molecule has 0 saturated carbocycles. The monoisotopic (exact) mass is 447 g/mol. The lowest BCUT2D eigenvalue weighted by molar-refractivity contribution is 0.243. The van der Waals surface area contributed by atoms with E-state index in [1.54, 1.807) is 21.3 Å². The number of anilines is 1. The highest BCUT2D eigenvalue weighted by Crippen LogP contribution is 2.40. The first-order chi connectivity index (χ1) is 16.1. The number of benzene rings is 2. The zero-order chi connectivity index (χ0) is 22.9. The standard InChI is InChI=1S/C25H29N5O3/c1-17-15-22-26-25(19-7-5-6-8-20(19)30(22)27-17)29-13-11-28(12-14-29)16-18-9-10-21(31-2)24(33-4)23(18)32-3/h5-10,15H,11-14,16H2,1-4H3. The van der Waals surface area contributed by atoms with Gasteiger partial charge in [0.15, 0.2) is 17.1 Å². The molecule has 0 N–H and O–H groups in total. The van der Waals surface area contributed by atoms with Crippen molar-refractivity contribution in [2.45, 2.75) is 13.5 Å². The fourth-order valence-corrected chi connectivity index (χ4v) is 4.65. The van der Waals surface area contributed by atoms with Crippen LogP contribution in [0.25, 0.3) is 16.6 Å². The topological polar surface area (TPSA) is 64.4 Å². The maximum absolute atomic E-state index is 5.67. The molecular formula is C25H29N5O3. The predicted molar refractivity (Wildman–Crippen MR) is 129 cm³/mol. The van der Waals surface area contributed by atoms with Gasteiger partial charge in [-0.05, 0) is 25.1 Å².